The fourth-order valence-electron chi connectivity index (χ4n) is 2.65. The van der Waals surface area contributed by atoms with Gasteiger partial charge in [0, 0.05) is 25.8 Å². The first-order valence-electron chi connectivity index (χ1n) is 8.51. The number of fused-ring (bicyclic) bond motifs is 1. The van der Waals surface area contributed by atoms with Gasteiger partial charge in [0.2, 0.25) is 0 Å². The molecule has 3 aromatic rings. The predicted octanol–water partition coefficient (Wildman–Crippen LogP) is 3.07. The monoisotopic (exact) mass is 401 g/mol. The number of thiazole rings is 1. The number of rotatable bonds is 7. The van der Waals surface area contributed by atoms with Crippen LogP contribution in [0.25, 0.3) is 10.2 Å². The standard InChI is InChI=1S/C19H19N3O5S/c1-13-4-3-5-15(10-13)27-12-18(23)20-19-21(8-9-26-2)16-7-6-14(22(24)25)11-17(16)28-19/h3-7,10-11H,8-9,12H2,1-2H3. The van der Waals surface area contributed by atoms with E-state index < -0.39 is 10.8 Å². The molecular weight excluding hydrogens is 382 g/mol. The summed E-state index contributed by atoms with van der Waals surface area (Å²) in [6, 6.07) is 12.0. The highest BCUT2D eigenvalue weighted by molar-refractivity contribution is 7.16. The molecule has 8 nitrogen and oxygen atoms in total. The van der Waals surface area contributed by atoms with Crippen LogP contribution < -0.4 is 9.54 Å². The molecule has 0 aliphatic heterocycles. The van der Waals surface area contributed by atoms with Gasteiger partial charge in [0.05, 0.1) is 21.7 Å². The molecule has 2 aromatic carbocycles. The van der Waals surface area contributed by atoms with Crippen LogP contribution in [0, 0.1) is 17.0 Å². The summed E-state index contributed by atoms with van der Waals surface area (Å²) in [6.45, 7) is 2.64. The van der Waals surface area contributed by atoms with Gasteiger partial charge in [-0.25, -0.2) is 0 Å². The van der Waals surface area contributed by atoms with E-state index in [2.05, 4.69) is 4.99 Å². The Balaban J connectivity index is 1.90. The highest BCUT2D eigenvalue weighted by Crippen LogP contribution is 2.23. The lowest BCUT2D eigenvalue weighted by Crippen LogP contribution is -2.21. The molecular formula is C19H19N3O5S. The highest BCUT2D eigenvalue weighted by Gasteiger charge is 2.13. The van der Waals surface area contributed by atoms with Crippen molar-refractivity contribution in [1.82, 2.24) is 4.57 Å². The summed E-state index contributed by atoms with van der Waals surface area (Å²) in [5.41, 5.74) is 1.79. The van der Waals surface area contributed by atoms with Gasteiger partial charge in [0.25, 0.3) is 11.6 Å². The number of methoxy groups -OCH3 is 1. The van der Waals surface area contributed by atoms with Gasteiger partial charge in [-0.15, -0.1) is 0 Å². The van der Waals surface area contributed by atoms with Crippen molar-refractivity contribution in [2.45, 2.75) is 13.5 Å². The molecule has 1 heterocycles. The van der Waals surface area contributed by atoms with Gasteiger partial charge >= 0.3 is 0 Å². The highest BCUT2D eigenvalue weighted by atomic mass is 32.1. The number of non-ortho nitro benzene ring substituents is 1. The SMILES string of the molecule is COCCn1c(=NC(=O)COc2cccc(C)c2)sc2cc([N+](=O)[O-])ccc21. The molecule has 0 spiro atoms. The summed E-state index contributed by atoms with van der Waals surface area (Å²) in [5, 5.41) is 11.0. The van der Waals surface area contributed by atoms with E-state index in [1.165, 1.54) is 23.5 Å². The van der Waals surface area contributed by atoms with E-state index in [1.54, 1.807) is 19.2 Å². The second-order valence-electron chi connectivity index (χ2n) is 6.05. The number of nitrogens with zero attached hydrogens (tertiary/aromatic N) is 3. The van der Waals surface area contributed by atoms with E-state index in [-0.39, 0.29) is 12.3 Å². The Bertz CT molecular complexity index is 1090. The minimum absolute atomic E-state index is 0.00620. The number of hydrogen-bond acceptors (Lipinski definition) is 6. The van der Waals surface area contributed by atoms with E-state index >= 15 is 0 Å². The molecule has 146 valence electrons. The topological polar surface area (TPSA) is 96.0 Å². The third kappa shape index (κ3) is 4.62. The molecule has 0 unspecified atom stereocenters. The minimum Gasteiger partial charge on any atom is -0.484 e. The Morgan fingerprint density at radius 1 is 1.29 bits per heavy atom. The maximum Gasteiger partial charge on any atom is 0.286 e. The van der Waals surface area contributed by atoms with E-state index in [9.17, 15) is 14.9 Å². The van der Waals surface area contributed by atoms with Crippen LogP contribution in [-0.2, 0) is 16.1 Å². The zero-order valence-electron chi connectivity index (χ0n) is 15.5. The Hall–Kier alpha value is -3.04. The second-order valence-corrected chi connectivity index (χ2v) is 7.06. The van der Waals surface area contributed by atoms with Crippen molar-refractivity contribution in [2.24, 2.45) is 4.99 Å². The van der Waals surface area contributed by atoms with Gasteiger partial charge in [-0.05, 0) is 30.7 Å². The average molecular weight is 401 g/mol. The number of aryl methyl sites for hydroxylation is 1. The Labute approximate surface area is 164 Å². The molecule has 0 radical (unpaired) electrons. The first kappa shape index (κ1) is 19.7. The average Bonchev–Trinajstić information content (AvgIpc) is 3.00. The molecule has 0 fully saturated rings. The van der Waals surface area contributed by atoms with Gasteiger partial charge in [-0.1, -0.05) is 23.5 Å². The normalized spacial score (nSPS) is 11.7. The quantitative estimate of drug-likeness (QED) is 0.448. The van der Waals surface area contributed by atoms with Gasteiger partial charge in [-0.3, -0.25) is 14.9 Å². The van der Waals surface area contributed by atoms with Crippen LogP contribution in [-0.4, -0.2) is 35.7 Å². The maximum absolute atomic E-state index is 12.3. The van der Waals surface area contributed by atoms with Gasteiger partial charge in [0.1, 0.15) is 5.75 Å². The lowest BCUT2D eigenvalue weighted by Gasteiger charge is -2.05. The van der Waals surface area contributed by atoms with Gasteiger partial charge in [-0.2, -0.15) is 4.99 Å². The smallest absolute Gasteiger partial charge is 0.286 e. The Kier molecular flexibility index (Phi) is 6.17. The summed E-state index contributed by atoms with van der Waals surface area (Å²) >= 11 is 1.22. The van der Waals surface area contributed by atoms with Crippen LogP contribution >= 0.6 is 11.3 Å². The number of aromatic nitrogens is 1. The van der Waals surface area contributed by atoms with Crippen LogP contribution in [0.3, 0.4) is 0 Å². The minimum atomic E-state index is -0.448. The van der Waals surface area contributed by atoms with Crippen LogP contribution in [0.15, 0.2) is 47.5 Å². The van der Waals surface area contributed by atoms with Crippen molar-refractivity contribution in [2.75, 3.05) is 20.3 Å². The van der Waals surface area contributed by atoms with Crippen molar-refractivity contribution in [3.05, 3.63) is 62.9 Å². The first-order chi connectivity index (χ1) is 13.5. The van der Waals surface area contributed by atoms with Crippen LogP contribution in [0.1, 0.15) is 5.56 Å². The van der Waals surface area contributed by atoms with Crippen molar-refractivity contribution < 1.29 is 19.2 Å². The van der Waals surface area contributed by atoms with Crippen molar-refractivity contribution in [3.8, 4) is 5.75 Å². The molecule has 0 aliphatic carbocycles. The first-order valence-corrected chi connectivity index (χ1v) is 9.33. The number of carbonyl (C=O) groups is 1. The number of benzene rings is 2. The summed E-state index contributed by atoms with van der Waals surface area (Å²) in [5.74, 6) is 0.163. The maximum atomic E-state index is 12.3. The lowest BCUT2D eigenvalue weighted by molar-refractivity contribution is -0.384. The molecule has 0 saturated carbocycles. The number of nitro groups is 1. The van der Waals surface area contributed by atoms with E-state index in [0.717, 1.165) is 11.1 Å². The summed E-state index contributed by atoms with van der Waals surface area (Å²) < 4.78 is 13.1. The molecule has 1 amide bonds. The zero-order chi connectivity index (χ0) is 20.1. The van der Waals surface area contributed by atoms with E-state index in [4.69, 9.17) is 9.47 Å². The van der Waals surface area contributed by atoms with Crippen molar-refractivity contribution in [3.63, 3.8) is 0 Å². The molecule has 28 heavy (non-hydrogen) atoms. The summed E-state index contributed by atoms with van der Waals surface area (Å²) in [4.78, 5) is 27.5. The molecule has 9 heteroatoms. The Morgan fingerprint density at radius 3 is 2.82 bits per heavy atom. The molecule has 3 rings (SSSR count). The van der Waals surface area contributed by atoms with Crippen LogP contribution in [0.2, 0.25) is 0 Å². The number of ether oxygens (including phenoxy) is 2. The third-order valence-electron chi connectivity index (χ3n) is 3.97. The fraction of sp³-hybridized carbons (Fsp3) is 0.263. The number of amides is 1. The summed E-state index contributed by atoms with van der Waals surface area (Å²) in [7, 11) is 1.58. The molecule has 0 saturated heterocycles. The predicted molar refractivity (Wildman–Crippen MR) is 106 cm³/mol. The fourth-order valence-corrected chi connectivity index (χ4v) is 3.76. The van der Waals surface area contributed by atoms with Gasteiger partial charge < -0.3 is 14.0 Å². The largest absolute Gasteiger partial charge is 0.484 e. The van der Waals surface area contributed by atoms with Gasteiger partial charge in [0.15, 0.2) is 11.4 Å². The van der Waals surface area contributed by atoms with Crippen molar-refractivity contribution in [1.29, 1.82) is 0 Å². The van der Waals surface area contributed by atoms with E-state index in [1.807, 2.05) is 29.7 Å². The second kappa shape index (κ2) is 8.77. The lowest BCUT2D eigenvalue weighted by atomic mass is 10.2. The molecule has 0 aliphatic rings. The number of hydrogen-bond donors (Lipinski definition) is 0. The molecule has 0 bridgehead atoms. The Morgan fingerprint density at radius 2 is 2.11 bits per heavy atom. The van der Waals surface area contributed by atoms with E-state index in [0.29, 0.717) is 28.4 Å². The molecule has 0 N–H and O–H groups in total. The van der Waals surface area contributed by atoms with Crippen LogP contribution in [0.5, 0.6) is 5.75 Å². The number of nitro benzene ring substituents is 1. The molecule has 1 aromatic heterocycles. The van der Waals surface area contributed by atoms with Crippen LogP contribution in [0.4, 0.5) is 5.69 Å². The zero-order valence-corrected chi connectivity index (χ0v) is 16.3. The number of carbonyl (C=O) groups excluding carboxylic acids is 1. The summed E-state index contributed by atoms with van der Waals surface area (Å²) in [6.07, 6.45) is 0. The van der Waals surface area contributed by atoms with Crippen molar-refractivity contribution >= 4 is 33.1 Å². The molecule has 0 atom stereocenters. The third-order valence-corrected chi connectivity index (χ3v) is 5.01.